The highest BCUT2D eigenvalue weighted by atomic mass is 16.6. The molecule has 1 aliphatic heterocycles. The summed E-state index contributed by atoms with van der Waals surface area (Å²) in [7, 11) is 5.51. The molecule has 2 aromatic heterocycles. The number of likely N-dealkylation sites (tertiary alicyclic amines) is 1. The number of methoxy groups -OCH3 is 1. The van der Waals surface area contributed by atoms with Gasteiger partial charge >= 0.3 is 0 Å². The highest BCUT2D eigenvalue weighted by Gasteiger charge is 2.29. The molecule has 9 nitrogen and oxygen atoms in total. The molecule has 0 N–H and O–H groups in total. The van der Waals surface area contributed by atoms with E-state index < -0.39 is 0 Å². The SMILES string of the molecule is COc1cccc(-c2cnc(N(C)C)nc2[C@@H]2CCCN(C(=O)Cc3nonc3C)C2)c1. The minimum atomic E-state index is 0.0262. The van der Waals surface area contributed by atoms with Gasteiger partial charge in [0.1, 0.15) is 17.1 Å². The van der Waals surface area contributed by atoms with Crippen LogP contribution in [-0.4, -0.2) is 65.4 Å². The number of ether oxygens (including phenoxy) is 1. The monoisotopic (exact) mass is 436 g/mol. The van der Waals surface area contributed by atoms with Crippen molar-refractivity contribution in [3.05, 3.63) is 47.5 Å². The summed E-state index contributed by atoms with van der Waals surface area (Å²) in [5.74, 6) is 1.56. The Morgan fingerprint density at radius 2 is 2.16 bits per heavy atom. The molecule has 0 radical (unpaired) electrons. The van der Waals surface area contributed by atoms with E-state index in [1.807, 2.05) is 54.4 Å². The van der Waals surface area contributed by atoms with Crippen molar-refractivity contribution in [2.24, 2.45) is 0 Å². The highest BCUT2D eigenvalue weighted by Crippen LogP contribution is 2.35. The Morgan fingerprint density at radius 3 is 2.88 bits per heavy atom. The van der Waals surface area contributed by atoms with Crippen LogP contribution in [0.2, 0.25) is 0 Å². The molecule has 168 valence electrons. The molecule has 1 atom stereocenters. The largest absolute Gasteiger partial charge is 0.497 e. The number of hydrogen-bond donors (Lipinski definition) is 0. The van der Waals surface area contributed by atoms with Gasteiger partial charge in [-0.2, -0.15) is 0 Å². The van der Waals surface area contributed by atoms with E-state index in [1.54, 1.807) is 14.0 Å². The van der Waals surface area contributed by atoms with E-state index in [0.717, 1.165) is 42.0 Å². The second kappa shape index (κ2) is 9.33. The van der Waals surface area contributed by atoms with Crippen molar-refractivity contribution < 1.29 is 14.2 Å². The van der Waals surface area contributed by atoms with Crippen molar-refractivity contribution >= 4 is 11.9 Å². The lowest BCUT2D eigenvalue weighted by molar-refractivity contribution is -0.131. The van der Waals surface area contributed by atoms with Crippen LogP contribution in [0.4, 0.5) is 5.95 Å². The minimum absolute atomic E-state index is 0.0262. The lowest BCUT2D eigenvalue weighted by Gasteiger charge is -2.33. The molecule has 1 fully saturated rings. The zero-order valence-electron chi connectivity index (χ0n) is 18.9. The van der Waals surface area contributed by atoms with E-state index in [0.29, 0.717) is 23.9 Å². The first-order valence-electron chi connectivity index (χ1n) is 10.7. The molecular formula is C23H28N6O3. The maximum Gasteiger partial charge on any atom is 0.228 e. The van der Waals surface area contributed by atoms with Gasteiger partial charge in [-0.3, -0.25) is 4.79 Å². The fourth-order valence-electron chi connectivity index (χ4n) is 4.02. The van der Waals surface area contributed by atoms with Crippen LogP contribution in [0.1, 0.15) is 35.8 Å². The summed E-state index contributed by atoms with van der Waals surface area (Å²) in [6.07, 6.45) is 3.93. The Bertz CT molecular complexity index is 1100. The van der Waals surface area contributed by atoms with Crippen LogP contribution in [0.5, 0.6) is 5.75 Å². The van der Waals surface area contributed by atoms with Gasteiger partial charge < -0.3 is 14.5 Å². The number of carbonyl (C=O) groups is 1. The van der Waals surface area contributed by atoms with Crippen molar-refractivity contribution in [3.63, 3.8) is 0 Å². The number of nitrogens with zero attached hydrogens (tertiary/aromatic N) is 6. The zero-order valence-corrected chi connectivity index (χ0v) is 18.9. The summed E-state index contributed by atoms with van der Waals surface area (Å²) < 4.78 is 10.2. The van der Waals surface area contributed by atoms with Gasteiger partial charge in [0.05, 0.1) is 19.2 Å². The Balaban J connectivity index is 1.64. The smallest absolute Gasteiger partial charge is 0.228 e. The Kier molecular flexibility index (Phi) is 6.34. The second-order valence-electron chi connectivity index (χ2n) is 8.25. The van der Waals surface area contributed by atoms with E-state index in [4.69, 9.17) is 14.3 Å². The standard InChI is InChI=1S/C23H28N6O3/c1-15-20(27-32-26-15)12-21(30)29-10-6-8-17(14-29)22-19(13-24-23(25-22)28(2)3)16-7-5-9-18(11-16)31-4/h5,7,9,11,13,17H,6,8,10,12,14H2,1-4H3/t17-/m1/s1. The molecule has 0 saturated carbocycles. The van der Waals surface area contributed by atoms with Crippen molar-refractivity contribution in [2.45, 2.75) is 32.1 Å². The normalized spacial score (nSPS) is 16.1. The van der Waals surface area contributed by atoms with Crippen LogP contribution in [0.15, 0.2) is 35.1 Å². The first-order chi connectivity index (χ1) is 15.5. The number of amides is 1. The number of hydrogen-bond acceptors (Lipinski definition) is 8. The predicted molar refractivity (Wildman–Crippen MR) is 120 cm³/mol. The lowest BCUT2D eigenvalue weighted by Crippen LogP contribution is -2.40. The van der Waals surface area contributed by atoms with Crippen LogP contribution in [0.3, 0.4) is 0 Å². The van der Waals surface area contributed by atoms with Crippen molar-refractivity contribution in [1.29, 1.82) is 0 Å². The van der Waals surface area contributed by atoms with Gasteiger partial charge in [0.2, 0.25) is 11.9 Å². The summed E-state index contributed by atoms with van der Waals surface area (Å²) in [5.41, 5.74) is 4.15. The third-order valence-corrected chi connectivity index (χ3v) is 5.81. The fraction of sp³-hybridized carbons (Fsp3) is 0.435. The second-order valence-corrected chi connectivity index (χ2v) is 8.25. The van der Waals surface area contributed by atoms with E-state index >= 15 is 0 Å². The molecule has 1 amide bonds. The first-order valence-corrected chi connectivity index (χ1v) is 10.7. The van der Waals surface area contributed by atoms with Gasteiger partial charge in [-0.1, -0.05) is 22.4 Å². The summed E-state index contributed by atoms with van der Waals surface area (Å²) >= 11 is 0. The molecule has 3 heterocycles. The first kappa shape index (κ1) is 21.7. The third kappa shape index (κ3) is 4.56. The summed E-state index contributed by atoms with van der Waals surface area (Å²) in [6, 6.07) is 7.90. The Labute approximate surface area is 187 Å². The summed E-state index contributed by atoms with van der Waals surface area (Å²) in [5, 5.41) is 7.63. The van der Waals surface area contributed by atoms with Gasteiger partial charge in [-0.05, 0) is 37.5 Å². The minimum Gasteiger partial charge on any atom is -0.497 e. The van der Waals surface area contributed by atoms with Gasteiger partial charge in [0.25, 0.3) is 0 Å². The molecule has 0 unspecified atom stereocenters. The predicted octanol–water partition coefficient (Wildman–Crippen LogP) is 2.86. The molecule has 0 bridgehead atoms. The van der Waals surface area contributed by atoms with Gasteiger partial charge in [0, 0.05) is 44.9 Å². The molecule has 9 heteroatoms. The van der Waals surface area contributed by atoms with Crippen LogP contribution < -0.4 is 9.64 Å². The third-order valence-electron chi connectivity index (χ3n) is 5.81. The topological polar surface area (TPSA) is 97.5 Å². The van der Waals surface area contributed by atoms with Gasteiger partial charge in [0.15, 0.2) is 0 Å². The number of aryl methyl sites for hydroxylation is 1. The van der Waals surface area contributed by atoms with Crippen molar-refractivity contribution in [1.82, 2.24) is 25.2 Å². The number of aromatic nitrogens is 4. The summed E-state index contributed by atoms with van der Waals surface area (Å²) in [6.45, 7) is 3.12. The number of piperidine rings is 1. The van der Waals surface area contributed by atoms with E-state index in [9.17, 15) is 4.79 Å². The Hall–Kier alpha value is -3.49. The van der Waals surface area contributed by atoms with Crippen LogP contribution in [0, 0.1) is 6.92 Å². The van der Waals surface area contributed by atoms with E-state index in [1.165, 1.54) is 0 Å². The molecule has 32 heavy (non-hydrogen) atoms. The lowest BCUT2D eigenvalue weighted by atomic mass is 9.89. The zero-order chi connectivity index (χ0) is 22.7. The van der Waals surface area contributed by atoms with Crippen LogP contribution >= 0.6 is 0 Å². The number of rotatable bonds is 6. The fourth-order valence-corrected chi connectivity index (χ4v) is 4.02. The number of benzene rings is 1. The number of carbonyl (C=O) groups excluding carboxylic acids is 1. The molecule has 0 spiro atoms. The highest BCUT2D eigenvalue weighted by molar-refractivity contribution is 5.79. The van der Waals surface area contributed by atoms with Crippen molar-refractivity contribution in [3.8, 4) is 16.9 Å². The molecule has 1 aromatic carbocycles. The van der Waals surface area contributed by atoms with E-state index in [2.05, 4.69) is 15.3 Å². The maximum atomic E-state index is 13.0. The van der Waals surface area contributed by atoms with Crippen LogP contribution in [-0.2, 0) is 11.2 Å². The molecule has 3 aromatic rings. The maximum absolute atomic E-state index is 13.0. The average Bonchev–Trinajstić information content (AvgIpc) is 3.22. The average molecular weight is 437 g/mol. The summed E-state index contributed by atoms with van der Waals surface area (Å²) in [4.78, 5) is 26.2. The molecule has 1 saturated heterocycles. The van der Waals surface area contributed by atoms with E-state index in [-0.39, 0.29) is 18.2 Å². The van der Waals surface area contributed by atoms with Crippen LogP contribution in [0.25, 0.3) is 11.1 Å². The quantitative estimate of drug-likeness (QED) is 0.582. The Morgan fingerprint density at radius 1 is 1.31 bits per heavy atom. The van der Waals surface area contributed by atoms with Crippen molar-refractivity contribution in [2.75, 3.05) is 39.2 Å². The molecular weight excluding hydrogens is 408 g/mol. The molecule has 0 aliphatic carbocycles. The number of anilines is 1. The van der Waals surface area contributed by atoms with Gasteiger partial charge in [-0.15, -0.1) is 0 Å². The molecule has 4 rings (SSSR count). The van der Waals surface area contributed by atoms with Gasteiger partial charge in [-0.25, -0.2) is 14.6 Å². The molecule has 1 aliphatic rings.